The molecule has 0 unspecified atom stereocenters. The van der Waals surface area contributed by atoms with Crippen molar-refractivity contribution in [2.24, 2.45) is 0 Å². The van der Waals surface area contributed by atoms with E-state index in [1.807, 2.05) is 15.7 Å². The van der Waals surface area contributed by atoms with Crippen molar-refractivity contribution in [3.8, 4) is 0 Å². The van der Waals surface area contributed by atoms with E-state index >= 15 is 0 Å². The van der Waals surface area contributed by atoms with Gasteiger partial charge in [0, 0.05) is 37.0 Å². The highest BCUT2D eigenvalue weighted by Gasteiger charge is 2.19. The summed E-state index contributed by atoms with van der Waals surface area (Å²) in [4.78, 5) is 24.9. The molecule has 1 aliphatic rings. The van der Waals surface area contributed by atoms with Crippen molar-refractivity contribution in [1.82, 2.24) is 10.2 Å². The van der Waals surface area contributed by atoms with Crippen LogP contribution in [0.3, 0.4) is 0 Å². The van der Waals surface area contributed by atoms with E-state index < -0.39 is 0 Å². The molecule has 0 spiro atoms. The molecule has 0 atom stereocenters. The van der Waals surface area contributed by atoms with Crippen LogP contribution in [-0.4, -0.2) is 36.3 Å². The molecule has 2 heterocycles. The summed E-state index contributed by atoms with van der Waals surface area (Å²) in [6.45, 7) is 2.37. The Kier molecular flexibility index (Phi) is 4.14. The molecule has 0 bridgehead atoms. The van der Waals surface area contributed by atoms with Gasteiger partial charge in [0.05, 0.1) is 0 Å². The third kappa shape index (κ3) is 3.30. The van der Waals surface area contributed by atoms with Gasteiger partial charge in [-0.05, 0) is 24.3 Å². The summed E-state index contributed by atoms with van der Waals surface area (Å²) in [7, 11) is 0. The van der Waals surface area contributed by atoms with Crippen LogP contribution in [-0.2, 0) is 4.79 Å². The lowest BCUT2D eigenvalue weighted by atomic mass is 10.2. The zero-order chi connectivity index (χ0) is 12.1. The van der Waals surface area contributed by atoms with Crippen molar-refractivity contribution in [3.63, 3.8) is 0 Å². The number of thiophene rings is 1. The molecule has 0 aliphatic carbocycles. The van der Waals surface area contributed by atoms with Crippen LogP contribution in [0.5, 0.6) is 0 Å². The van der Waals surface area contributed by atoms with Gasteiger partial charge in [-0.15, -0.1) is 0 Å². The molecule has 17 heavy (non-hydrogen) atoms. The monoisotopic (exact) mass is 252 g/mol. The minimum absolute atomic E-state index is 0.0531. The predicted octanol–water partition coefficient (Wildman–Crippen LogP) is 1.49. The van der Waals surface area contributed by atoms with E-state index in [4.69, 9.17) is 0 Å². The van der Waals surface area contributed by atoms with Crippen LogP contribution in [0.1, 0.15) is 29.6 Å². The Morgan fingerprint density at radius 3 is 2.82 bits per heavy atom. The second-order valence-corrected chi connectivity index (χ2v) is 4.89. The normalized spacial score (nSPS) is 14.2. The third-order valence-corrected chi connectivity index (χ3v) is 3.53. The second kappa shape index (κ2) is 5.82. The molecule has 0 radical (unpaired) electrons. The average molecular weight is 252 g/mol. The fourth-order valence-corrected chi connectivity index (χ4v) is 2.30. The Morgan fingerprint density at radius 2 is 2.24 bits per heavy atom. The van der Waals surface area contributed by atoms with Gasteiger partial charge in [0.25, 0.3) is 5.91 Å². The number of hydrogen-bond donors (Lipinski definition) is 1. The molecule has 92 valence electrons. The van der Waals surface area contributed by atoms with E-state index in [-0.39, 0.29) is 11.8 Å². The SMILES string of the molecule is O=C(NCCCC(=O)N1CCC1)c1ccsc1. The molecular weight excluding hydrogens is 236 g/mol. The molecule has 2 rings (SSSR count). The highest BCUT2D eigenvalue weighted by molar-refractivity contribution is 7.08. The van der Waals surface area contributed by atoms with E-state index in [2.05, 4.69) is 5.32 Å². The van der Waals surface area contributed by atoms with Crippen molar-refractivity contribution in [1.29, 1.82) is 0 Å². The number of amides is 2. The summed E-state index contributed by atoms with van der Waals surface area (Å²) < 4.78 is 0. The number of nitrogens with zero attached hydrogens (tertiary/aromatic N) is 1. The molecule has 1 saturated heterocycles. The number of carbonyl (C=O) groups excluding carboxylic acids is 2. The standard InChI is InChI=1S/C12H16N2O2S/c15-11(14-6-2-7-14)3-1-5-13-12(16)10-4-8-17-9-10/h4,8-9H,1-3,5-7H2,(H,13,16). The van der Waals surface area contributed by atoms with Crippen molar-refractivity contribution >= 4 is 23.2 Å². The zero-order valence-corrected chi connectivity index (χ0v) is 10.5. The molecule has 0 saturated carbocycles. The molecule has 1 N–H and O–H groups in total. The first kappa shape index (κ1) is 12.1. The summed E-state index contributed by atoms with van der Waals surface area (Å²) in [5, 5.41) is 6.51. The van der Waals surface area contributed by atoms with Crippen LogP contribution in [0.15, 0.2) is 16.8 Å². The van der Waals surface area contributed by atoms with Crippen molar-refractivity contribution in [2.45, 2.75) is 19.3 Å². The fraction of sp³-hybridized carbons (Fsp3) is 0.500. The Morgan fingerprint density at radius 1 is 1.41 bits per heavy atom. The van der Waals surface area contributed by atoms with Crippen LogP contribution >= 0.6 is 11.3 Å². The van der Waals surface area contributed by atoms with E-state index in [0.29, 0.717) is 24.9 Å². The molecule has 5 heteroatoms. The van der Waals surface area contributed by atoms with Gasteiger partial charge in [-0.25, -0.2) is 0 Å². The lowest BCUT2D eigenvalue weighted by Crippen LogP contribution is -2.42. The van der Waals surface area contributed by atoms with Gasteiger partial charge in [-0.3, -0.25) is 9.59 Å². The Hall–Kier alpha value is -1.36. The van der Waals surface area contributed by atoms with E-state index in [0.717, 1.165) is 19.5 Å². The summed E-state index contributed by atoms with van der Waals surface area (Å²) in [5.41, 5.74) is 0.698. The molecule has 1 aliphatic heterocycles. The number of likely N-dealkylation sites (tertiary alicyclic amines) is 1. The first-order valence-electron chi connectivity index (χ1n) is 5.85. The quantitative estimate of drug-likeness (QED) is 0.807. The summed E-state index contributed by atoms with van der Waals surface area (Å²) in [6.07, 6.45) is 2.37. The lowest BCUT2D eigenvalue weighted by Gasteiger charge is -2.30. The topological polar surface area (TPSA) is 49.4 Å². The van der Waals surface area contributed by atoms with Gasteiger partial charge >= 0.3 is 0 Å². The van der Waals surface area contributed by atoms with Gasteiger partial charge < -0.3 is 10.2 Å². The number of hydrogen-bond acceptors (Lipinski definition) is 3. The largest absolute Gasteiger partial charge is 0.352 e. The smallest absolute Gasteiger partial charge is 0.252 e. The van der Waals surface area contributed by atoms with E-state index in [1.165, 1.54) is 11.3 Å². The van der Waals surface area contributed by atoms with Crippen LogP contribution in [0.25, 0.3) is 0 Å². The molecule has 0 aromatic carbocycles. The third-order valence-electron chi connectivity index (χ3n) is 2.85. The van der Waals surface area contributed by atoms with Crippen LogP contribution in [0, 0.1) is 0 Å². The first-order chi connectivity index (χ1) is 8.27. The number of carbonyl (C=O) groups is 2. The summed E-state index contributed by atoms with van der Waals surface area (Å²) in [5.74, 6) is 0.156. The Bertz CT molecular complexity index is 385. The van der Waals surface area contributed by atoms with E-state index in [9.17, 15) is 9.59 Å². The molecular formula is C12H16N2O2S. The fourth-order valence-electron chi connectivity index (χ4n) is 1.66. The van der Waals surface area contributed by atoms with Gasteiger partial charge in [0.15, 0.2) is 0 Å². The van der Waals surface area contributed by atoms with Crippen LogP contribution in [0.2, 0.25) is 0 Å². The van der Waals surface area contributed by atoms with Crippen molar-refractivity contribution in [3.05, 3.63) is 22.4 Å². The minimum Gasteiger partial charge on any atom is -0.352 e. The molecule has 1 aromatic heterocycles. The molecule has 2 amide bonds. The van der Waals surface area contributed by atoms with Gasteiger partial charge in [-0.2, -0.15) is 11.3 Å². The van der Waals surface area contributed by atoms with Crippen molar-refractivity contribution in [2.75, 3.05) is 19.6 Å². The number of nitrogens with one attached hydrogen (secondary N) is 1. The molecule has 1 aromatic rings. The molecule has 4 nitrogen and oxygen atoms in total. The van der Waals surface area contributed by atoms with Crippen LogP contribution in [0.4, 0.5) is 0 Å². The Balaban J connectivity index is 1.60. The van der Waals surface area contributed by atoms with Crippen LogP contribution < -0.4 is 5.32 Å². The highest BCUT2D eigenvalue weighted by Crippen LogP contribution is 2.09. The van der Waals surface area contributed by atoms with Gasteiger partial charge in [-0.1, -0.05) is 0 Å². The van der Waals surface area contributed by atoms with Crippen molar-refractivity contribution < 1.29 is 9.59 Å². The number of rotatable bonds is 5. The average Bonchev–Trinajstić information content (AvgIpc) is 2.74. The maximum absolute atomic E-state index is 11.6. The van der Waals surface area contributed by atoms with E-state index in [1.54, 1.807) is 6.07 Å². The molecule has 1 fully saturated rings. The summed E-state index contributed by atoms with van der Waals surface area (Å²) in [6, 6.07) is 1.80. The maximum atomic E-state index is 11.6. The van der Waals surface area contributed by atoms with Gasteiger partial charge in [0.2, 0.25) is 5.91 Å². The lowest BCUT2D eigenvalue weighted by molar-refractivity contribution is -0.134. The Labute approximate surface area is 105 Å². The van der Waals surface area contributed by atoms with Gasteiger partial charge in [0.1, 0.15) is 0 Å². The second-order valence-electron chi connectivity index (χ2n) is 4.11. The minimum atomic E-state index is -0.0531. The maximum Gasteiger partial charge on any atom is 0.252 e. The predicted molar refractivity (Wildman–Crippen MR) is 67.1 cm³/mol. The highest BCUT2D eigenvalue weighted by atomic mass is 32.1. The summed E-state index contributed by atoms with van der Waals surface area (Å²) >= 11 is 1.50. The first-order valence-corrected chi connectivity index (χ1v) is 6.80. The zero-order valence-electron chi connectivity index (χ0n) is 9.65.